The molecule has 8 bridgehead atoms. The van der Waals surface area contributed by atoms with Crippen LogP contribution in [0.15, 0.2) is 72.8 Å². The maximum atomic E-state index is 12.1. The van der Waals surface area contributed by atoms with Crippen LogP contribution in [0.4, 0.5) is 0 Å². The lowest BCUT2D eigenvalue weighted by atomic mass is 10.0. The second kappa shape index (κ2) is 9.86. The van der Waals surface area contributed by atoms with E-state index in [1.807, 2.05) is 98.8 Å². The number of nitrogens with zero attached hydrogens (tertiary/aromatic N) is 2. The highest BCUT2D eigenvalue weighted by molar-refractivity contribution is 5.95. The van der Waals surface area contributed by atoms with Crippen LogP contribution in [0.1, 0.15) is 42.2 Å². The average Bonchev–Trinajstić information content (AvgIpc) is 3.68. The zero-order chi connectivity index (χ0) is 26.1. The van der Waals surface area contributed by atoms with Crippen molar-refractivity contribution in [3.05, 3.63) is 101 Å². The summed E-state index contributed by atoms with van der Waals surface area (Å²) in [6.07, 6.45) is 5.78. The number of aromatic nitrogens is 4. The normalized spacial score (nSPS) is 12.4. The van der Waals surface area contributed by atoms with Gasteiger partial charge in [0.15, 0.2) is 6.61 Å². The van der Waals surface area contributed by atoms with Crippen LogP contribution < -0.4 is 4.74 Å². The minimum atomic E-state index is -0.410. The number of hydrogen-bond acceptors (Lipinski definition) is 5. The van der Waals surface area contributed by atoms with Gasteiger partial charge in [0.05, 0.1) is 28.9 Å². The van der Waals surface area contributed by atoms with Crippen LogP contribution in [0, 0.1) is 0 Å². The van der Waals surface area contributed by atoms with E-state index in [0.717, 1.165) is 56.0 Å². The Hall–Kier alpha value is -4.91. The Kier molecular flexibility index (Phi) is 6.09. The highest BCUT2D eigenvalue weighted by Gasteiger charge is 2.18. The Labute approximate surface area is 219 Å². The first-order valence-electron chi connectivity index (χ1n) is 12.5. The Balaban J connectivity index is 1.48. The number of carbonyl (C=O) groups is 1. The average molecular weight is 503 g/mol. The van der Waals surface area contributed by atoms with Gasteiger partial charge in [-0.05, 0) is 86.7 Å². The first-order valence-corrected chi connectivity index (χ1v) is 12.5. The van der Waals surface area contributed by atoms with Gasteiger partial charge in [0.25, 0.3) is 0 Å². The SMILES string of the molecule is CC(C)OC(=O)COc1ccccc1C1=Cc2cc3ccc(cc4ccc(cc5nc(cc1n2)C=C5)[nH]4)[nH]3. The molecule has 0 radical (unpaired) electrons. The number of para-hydroxylation sites is 1. The highest BCUT2D eigenvalue weighted by Crippen LogP contribution is 2.34. The number of rotatable bonds is 5. The molecule has 7 nitrogen and oxygen atoms in total. The van der Waals surface area contributed by atoms with Gasteiger partial charge in [-0.2, -0.15) is 0 Å². The van der Waals surface area contributed by atoms with Gasteiger partial charge in [0, 0.05) is 33.2 Å². The molecule has 7 heteroatoms. The summed E-state index contributed by atoms with van der Waals surface area (Å²) in [5.41, 5.74) is 8.81. The van der Waals surface area contributed by atoms with Crippen molar-refractivity contribution in [1.29, 1.82) is 0 Å². The van der Waals surface area contributed by atoms with Crippen molar-refractivity contribution in [2.24, 2.45) is 0 Å². The van der Waals surface area contributed by atoms with Crippen molar-refractivity contribution < 1.29 is 14.3 Å². The molecule has 188 valence electrons. The third kappa shape index (κ3) is 5.13. The lowest BCUT2D eigenvalue weighted by Crippen LogP contribution is -2.19. The Morgan fingerprint density at radius 2 is 1.42 bits per heavy atom. The number of nitrogens with one attached hydrogen (secondary N) is 2. The van der Waals surface area contributed by atoms with E-state index in [1.165, 1.54) is 0 Å². The number of fused-ring (bicyclic) bond motifs is 8. The number of carbonyl (C=O) groups excluding carboxylic acids is 1. The molecule has 2 aliphatic rings. The van der Waals surface area contributed by atoms with E-state index in [1.54, 1.807) is 0 Å². The lowest BCUT2D eigenvalue weighted by molar-refractivity contribution is -0.149. The molecule has 4 aromatic rings. The molecule has 0 amide bonds. The van der Waals surface area contributed by atoms with Gasteiger partial charge < -0.3 is 19.4 Å². The van der Waals surface area contributed by atoms with Gasteiger partial charge in [-0.1, -0.05) is 18.2 Å². The van der Waals surface area contributed by atoms with Gasteiger partial charge in [-0.15, -0.1) is 0 Å². The van der Waals surface area contributed by atoms with Gasteiger partial charge in [0.2, 0.25) is 0 Å². The summed E-state index contributed by atoms with van der Waals surface area (Å²) in [6, 6.07) is 23.8. The van der Waals surface area contributed by atoms with Crippen LogP contribution >= 0.6 is 0 Å². The number of esters is 1. The van der Waals surface area contributed by atoms with Gasteiger partial charge in [0.1, 0.15) is 5.75 Å². The van der Waals surface area contributed by atoms with E-state index < -0.39 is 5.97 Å². The Morgan fingerprint density at radius 3 is 2.13 bits per heavy atom. The first-order chi connectivity index (χ1) is 18.5. The molecule has 6 rings (SSSR count). The molecule has 5 heterocycles. The second-order valence-corrected chi connectivity index (χ2v) is 9.41. The van der Waals surface area contributed by atoms with E-state index in [-0.39, 0.29) is 12.7 Å². The summed E-state index contributed by atoms with van der Waals surface area (Å²) in [5, 5.41) is 0. The molecule has 0 atom stereocenters. The zero-order valence-corrected chi connectivity index (χ0v) is 21.1. The van der Waals surface area contributed by atoms with Crippen molar-refractivity contribution >= 4 is 51.8 Å². The van der Waals surface area contributed by atoms with Crippen LogP contribution in [0.5, 0.6) is 5.75 Å². The maximum Gasteiger partial charge on any atom is 0.344 e. The van der Waals surface area contributed by atoms with Crippen LogP contribution in [-0.4, -0.2) is 38.6 Å². The number of hydrogen-bond donors (Lipinski definition) is 2. The molecular formula is C31H26N4O3. The predicted octanol–water partition coefficient (Wildman–Crippen LogP) is 6.40. The van der Waals surface area contributed by atoms with Crippen molar-refractivity contribution in [2.45, 2.75) is 20.0 Å². The minimum Gasteiger partial charge on any atom is -0.481 e. The Bertz CT molecular complexity index is 1760. The molecule has 0 spiro atoms. The molecule has 3 aromatic heterocycles. The van der Waals surface area contributed by atoms with Gasteiger partial charge in [-0.25, -0.2) is 14.8 Å². The fourth-order valence-electron chi connectivity index (χ4n) is 4.48. The lowest BCUT2D eigenvalue weighted by Gasteiger charge is -2.13. The molecule has 2 aliphatic heterocycles. The number of aromatic amines is 2. The van der Waals surface area contributed by atoms with Gasteiger partial charge in [-0.3, -0.25) is 0 Å². The smallest absolute Gasteiger partial charge is 0.344 e. The Morgan fingerprint density at radius 1 is 0.789 bits per heavy atom. The molecule has 0 fully saturated rings. The zero-order valence-electron chi connectivity index (χ0n) is 21.1. The second-order valence-electron chi connectivity index (χ2n) is 9.41. The number of H-pyrrole nitrogens is 2. The molecular weight excluding hydrogens is 476 g/mol. The van der Waals surface area contributed by atoms with Crippen molar-refractivity contribution in [1.82, 2.24) is 19.9 Å². The maximum absolute atomic E-state index is 12.1. The topological polar surface area (TPSA) is 92.9 Å². The van der Waals surface area contributed by atoms with Crippen LogP contribution in [0.25, 0.3) is 45.9 Å². The van der Waals surface area contributed by atoms with E-state index >= 15 is 0 Å². The molecule has 0 aliphatic carbocycles. The standard InChI is InChI=1S/C31H26N4O3/c1-19(2)38-31(36)18-37-30-6-4-3-5-27(30)28-16-26-15-24-10-9-22(33-24)13-20-7-8-21(32-20)14-23-11-12-25(34-23)17-29(28)35-26/h3-17,19,32-33H,18H2,1-2H3. The summed E-state index contributed by atoms with van der Waals surface area (Å²) < 4.78 is 11.1. The monoisotopic (exact) mass is 502 g/mol. The quantitative estimate of drug-likeness (QED) is 0.266. The largest absolute Gasteiger partial charge is 0.481 e. The van der Waals surface area contributed by atoms with E-state index in [9.17, 15) is 4.79 Å². The summed E-state index contributed by atoms with van der Waals surface area (Å²) in [4.78, 5) is 28.7. The minimum absolute atomic E-state index is 0.174. The van der Waals surface area contributed by atoms with Crippen molar-refractivity contribution in [3.63, 3.8) is 0 Å². The van der Waals surface area contributed by atoms with Gasteiger partial charge >= 0.3 is 5.97 Å². The van der Waals surface area contributed by atoms with E-state index in [2.05, 4.69) is 16.0 Å². The fourth-order valence-corrected chi connectivity index (χ4v) is 4.48. The molecule has 2 N–H and O–H groups in total. The van der Waals surface area contributed by atoms with E-state index in [0.29, 0.717) is 5.75 Å². The summed E-state index contributed by atoms with van der Waals surface area (Å²) in [7, 11) is 0. The van der Waals surface area contributed by atoms with Crippen LogP contribution in [-0.2, 0) is 9.53 Å². The summed E-state index contributed by atoms with van der Waals surface area (Å²) in [6.45, 7) is 3.45. The number of benzene rings is 1. The van der Waals surface area contributed by atoms with Crippen molar-refractivity contribution in [3.8, 4) is 5.75 Å². The fraction of sp³-hybridized carbons (Fsp3) is 0.129. The predicted molar refractivity (Wildman–Crippen MR) is 150 cm³/mol. The van der Waals surface area contributed by atoms with E-state index in [4.69, 9.17) is 19.4 Å². The van der Waals surface area contributed by atoms with Crippen molar-refractivity contribution in [2.75, 3.05) is 6.61 Å². The third-order valence-electron chi connectivity index (χ3n) is 6.06. The number of ether oxygens (including phenoxy) is 2. The molecule has 0 saturated heterocycles. The highest BCUT2D eigenvalue weighted by atomic mass is 16.6. The molecule has 0 unspecified atom stereocenters. The van der Waals surface area contributed by atoms with Crippen LogP contribution in [0.2, 0.25) is 0 Å². The first kappa shape index (κ1) is 23.5. The van der Waals surface area contributed by atoms with Crippen LogP contribution in [0.3, 0.4) is 0 Å². The molecule has 1 aromatic carbocycles. The molecule has 0 saturated carbocycles. The summed E-state index contributed by atoms with van der Waals surface area (Å²) >= 11 is 0. The third-order valence-corrected chi connectivity index (χ3v) is 6.06. The summed E-state index contributed by atoms with van der Waals surface area (Å²) in [5.74, 6) is 0.169. The molecule has 38 heavy (non-hydrogen) atoms.